The molecule has 2 atom stereocenters. The van der Waals surface area contributed by atoms with Crippen molar-refractivity contribution in [2.24, 2.45) is 0 Å². The smallest absolute Gasteiger partial charge is 0.404 e. The normalized spacial score (nSPS) is 13.5. The fraction of sp³-hybridized carbons (Fsp3) is 0.605. The Bertz CT molecular complexity index is 1250. The van der Waals surface area contributed by atoms with Crippen LogP contribution in [0.15, 0.2) is 66.9 Å². The maximum absolute atomic E-state index is 12.6. The van der Waals surface area contributed by atoms with E-state index in [2.05, 4.69) is 29.7 Å². The van der Waals surface area contributed by atoms with E-state index in [0.717, 1.165) is 23.9 Å². The molecular weight excluding hydrogens is 597 g/mol. The van der Waals surface area contributed by atoms with E-state index in [9.17, 15) is 9.46 Å². The number of methoxy groups -OCH3 is 1. The van der Waals surface area contributed by atoms with Gasteiger partial charge in [-0.1, -0.05) is 115 Å². The van der Waals surface area contributed by atoms with Crippen molar-refractivity contribution >= 4 is 18.7 Å². The van der Waals surface area contributed by atoms with Crippen molar-refractivity contribution in [3.63, 3.8) is 0 Å². The minimum atomic E-state index is -4.31. The average Bonchev–Trinajstić information content (AvgIpc) is 3.06. The maximum Gasteiger partial charge on any atom is 0.527 e. The molecule has 1 aromatic heterocycles. The van der Waals surface area contributed by atoms with Crippen molar-refractivity contribution in [1.82, 2.24) is 0 Å². The van der Waals surface area contributed by atoms with Gasteiger partial charge in [-0.05, 0) is 42.8 Å². The van der Waals surface area contributed by atoms with E-state index < -0.39 is 13.9 Å². The average molecular weight is 657 g/mol. The van der Waals surface area contributed by atoms with Crippen LogP contribution in [0.5, 0.6) is 5.75 Å². The number of para-hydroxylation sites is 1. The standard InChI is InChI=1S/C38H58NO6P/c1-3-4-5-6-7-8-9-10-11-12-13-14-15-16-17-20-30-43-32-37(42-2)33-44-46(40,41)45-36-27-25-34(26-28-36)31-39-29-21-23-35-22-18-19-24-38(35)39/h18-19,21-29,37H,3-17,20,30-33H2,1-2H3/p+1. The van der Waals surface area contributed by atoms with Crippen molar-refractivity contribution in [3.8, 4) is 5.75 Å². The second kappa shape index (κ2) is 23.1. The Morgan fingerprint density at radius 2 is 1.28 bits per heavy atom. The van der Waals surface area contributed by atoms with E-state index in [-0.39, 0.29) is 12.4 Å². The van der Waals surface area contributed by atoms with Gasteiger partial charge >= 0.3 is 7.82 Å². The topological polar surface area (TPSA) is 78.1 Å². The third-order valence-electron chi connectivity index (χ3n) is 8.49. The number of ether oxygens (including phenoxy) is 2. The van der Waals surface area contributed by atoms with Crippen LogP contribution in [0, 0.1) is 0 Å². The molecule has 0 aliphatic rings. The molecule has 7 nitrogen and oxygen atoms in total. The molecule has 0 aliphatic heterocycles. The zero-order chi connectivity index (χ0) is 32.7. The zero-order valence-electron chi connectivity index (χ0n) is 28.5. The second-order valence-corrected chi connectivity index (χ2v) is 13.8. The number of phosphoric acid groups is 1. The van der Waals surface area contributed by atoms with Gasteiger partial charge < -0.3 is 14.0 Å². The van der Waals surface area contributed by atoms with E-state index in [0.29, 0.717) is 19.8 Å². The number of fused-ring (bicyclic) bond motifs is 1. The summed E-state index contributed by atoms with van der Waals surface area (Å²) in [5.74, 6) is 0.270. The van der Waals surface area contributed by atoms with Gasteiger partial charge in [0.1, 0.15) is 11.9 Å². The van der Waals surface area contributed by atoms with E-state index in [1.165, 1.54) is 95.3 Å². The number of hydrogen-bond donors (Lipinski definition) is 1. The Morgan fingerprint density at radius 1 is 0.717 bits per heavy atom. The van der Waals surface area contributed by atoms with Crippen molar-refractivity contribution in [2.45, 2.75) is 122 Å². The summed E-state index contributed by atoms with van der Waals surface area (Å²) < 4.78 is 36.4. The van der Waals surface area contributed by atoms with Crippen molar-refractivity contribution in [3.05, 3.63) is 72.4 Å². The van der Waals surface area contributed by atoms with Gasteiger partial charge in [0.15, 0.2) is 12.7 Å². The summed E-state index contributed by atoms with van der Waals surface area (Å²) in [5, 5.41) is 1.17. The molecule has 2 aromatic carbocycles. The predicted octanol–water partition coefficient (Wildman–Crippen LogP) is 9.96. The van der Waals surface area contributed by atoms with E-state index in [1.54, 1.807) is 19.2 Å². The van der Waals surface area contributed by atoms with Crippen LogP contribution in [-0.4, -0.2) is 37.9 Å². The lowest BCUT2D eigenvalue weighted by molar-refractivity contribution is -0.662. The number of phosphoric ester groups is 1. The molecule has 3 aromatic rings. The van der Waals surface area contributed by atoms with Gasteiger partial charge in [-0.15, -0.1) is 0 Å². The molecule has 3 rings (SSSR count). The molecule has 0 spiro atoms. The third-order valence-corrected chi connectivity index (χ3v) is 9.40. The van der Waals surface area contributed by atoms with Crippen molar-refractivity contribution < 1.29 is 32.5 Å². The van der Waals surface area contributed by atoms with E-state index >= 15 is 0 Å². The highest BCUT2D eigenvalue weighted by atomic mass is 31.2. The summed E-state index contributed by atoms with van der Waals surface area (Å²) in [7, 11) is -2.77. The molecule has 46 heavy (non-hydrogen) atoms. The number of benzene rings is 2. The molecule has 0 fully saturated rings. The number of hydrogen-bond acceptors (Lipinski definition) is 5. The minimum absolute atomic E-state index is 0.0982. The summed E-state index contributed by atoms with van der Waals surface area (Å²) in [6.07, 6.45) is 23.0. The minimum Gasteiger partial charge on any atom is -0.404 e. The van der Waals surface area contributed by atoms with Gasteiger partial charge in [-0.2, -0.15) is 4.57 Å². The van der Waals surface area contributed by atoms with Gasteiger partial charge in [-0.25, -0.2) is 4.57 Å². The van der Waals surface area contributed by atoms with Gasteiger partial charge in [-0.3, -0.25) is 9.42 Å². The van der Waals surface area contributed by atoms with Crippen LogP contribution in [0.2, 0.25) is 0 Å². The lowest BCUT2D eigenvalue weighted by Crippen LogP contribution is -2.34. The Hall–Kier alpha value is -2.28. The molecule has 256 valence electrons. The van der Waals surface area contributed by atoms with Crippen LogP contribution in [0.1, 0.15) is 115 Å². The lowest BCUT2D eigenvalue weighted by atomic mass is 10.0. The molecule has 1 N–H and O–H groups in total. The Morgan fingerprint density at radius 3 is 1.89 bits per heavy atom. The van der Waals surface area contributed by atoms with Crippen LogP contribution < -0.4 is 9.09 Å². The van der Waals surface area contributed by atoms with Crippen LogP contribution in [-0.2, 0) is 25.1 Å². The molecule has 0 amide bonds. The molecule has 0 saturated heterocycles. The largest absolute Gasteiger partial charge is 0.527 e. The Labute approximate surface area is 278 Å². The summed E-state index contributed by atoms with van der Waals surface area (Å²) >= 11 is 0. The highest BCUT2D eigenvalue weighted by Gasteiger charge is 2.25. The summed E-state index contributed by atoms with van der Waals surface area (Å²) in [5.41, 5.74) is 2.18. The molecule has 8 heteroatoms. The quantitative estimate of drug-likeness (QED) is 0.0500. The first-order valence-electron chi connectivity index (χ1n) is 17.7. The Kier molecular flexibility index (Phi) is 19.2. The van der Waals surface area contributed by atoms with Crippen LogP contribution in [0.4, 0.5) is 0 Å². The molecule has 2 unspecified atom stereocenters. The summed E-state index contributed by atoms with van der Waals surface area (Å²) in [6.45, 7) is 3.80. The van der Waals surface area contributed by atoms with Crippen molar-refractivity contribution in [2.75, 3.05) is 26.9 Å². The zero-order valence-corrected chi connectivity index (χ0v) is 29.3. The fourth-order valence-corrected chi connectivity index (χ4v) is 6.49. The number of unbranched alkanes of at least 4 members (excludes halogenated alkanes) is 15. The summed E-state index contributed by atoms with van der Waals surface area (Å²) in [4.78, 5) is 10.3. The third kappa shape index (κ3) is 16.0. The van der Waals surface area contributed by atoms with Gasteiger partial charge in [0.2, 0.25) is 5.52 Å². The van der Waals surface area contributed by atoms with Gasteiger partial charge in [0.05, 0.1) is 13.2 Å². The first-order chi connectivity index (χ1) is 22.5. The van der Waals surface area contributed by atoms with E-state index in [4.69, 9.17) is 18.5 Å². The Balaban J connectivity index is 1.19. The van der Waals surface area contributed by atoms with Gasteiger partial charge in [0.25, 0.3) is 0 Å². The van der Waals surface area contributed by atoms with Crippen LogP contribution >= 0.6 is 7.82 Å². The fourth-order valence-electron chi connectivity index (χ4n) is 5.70. The van der Waals surface area contributed by atoms with E-state index in [1.807, 2.05) is 36.5 Å². The number of pyridine rings is 1. The van der Waals surface area contributed by atoms with Crippen molar-refractivity contribution in [1.29, 1.82) is 0 Å². The first kappa shape index (κ1) is 38.2. The lowest BCUT2D eigenvalue weighted by Gasteiger charge is -2.18. The monoisotopic (exact) mass is 656 g/mol. The maximum atomic E-state index is 12.6. The SMILES string of the molecule is CCCCCCCCCCCCCCCCCCOCC(COP(=O)(O)Oc1ccc(C[n+]2cccc3ccccc32)cc1)OC. The molecule has 0 radical (unpaired) electrons. The van der Waals surface area contributed by atoms with Gasteiger partial charge in [0, 0.05) is 36.8 Å². The number of rotatable bonds is 27. The van der Waals surface area contributed by atoms with Crippen LogP contribution in [0.3, 0.4) is 0 Å². The predicted molar refractivity (Wildman–Crippen MR) is 187 cm³/mol. The number of aromatic nitrogens is 1. The second-order valence-electron chi connectivity index (χ2n) is 12.4. The molecule has 0 aliphatic carbocycles. The number of nitrogens with zero attached hydrogens (tertiary/aromatic N) is 1. The molecule has 0 saturated carbocycles. The molecule has 1 heterocycles. The van der Waals surface area contributed by atoms with Crippen LogP contribution in [0.25, 0.3) is 10.9 Å². The highest BCUT2D eigenvalue weighted by Crippen LogP contribution is 2.44. The highest BCUT2D eigenvalue weighted by molar-refractivity contribution is 7.47. The molecular formula is C38H59NO6P+. The summed E-state index contributed by atoms with van der Waals surface area (Å²) in [6, 6.07) is 19.5. The first-order valence-corrected chi connectivity index (χ1v) is 19.2. The molecule has 0 bridgehead atoms.